The van der Waals surface area contributed by atoms with E-state index in [4.69, 9.17) is 16.2 Å². The first kappa shape index (κ1) is 32.9. The number of hydrogen-bond acceptors (Lipinski definition) is 9. The third-order valence-electron chi connectivity index (χ3n) is 8.63. The number of amides is 3. The molecule has 3 heterocycles. The number of ether oxygens (including phenoxy) is 1. The zero-order valence-corrected chi connectivity index (χ0v) is 24.7. The van der Waals surface area contributed by atoms with E-state index in [2.05, 4.69) is 15.6 Å². The number of nitrogens with two attached hydrogens (primary N) is 2. The first-order valence-corrected chi connectivity index (χ1v) is 14.4. The maximum Gasteiger partial charge on any atom is 0.287 e. The number of hydrogen-bond donors (Lipinski definition) is 4. The molecule has 1 aromatic heterocycles. The van der Waals surface area contributed by atoms with Crippen molar-refractivity contribution >= 4 is 35.9 Å². The minimum Gasteiger partial charge on any atom is -0.384 e. The van der Waals surface area contributed by atoms with Crippen molar-refractivity contribution in [1.29, 1.82) is 0 Å². The van der Waals surface area contributed by atoms with Crippen molar-refractivity contribution in [1.82, 2.24) is 25.2 Å². The summed E-state index contributed by atoms with van der Waals surface area (Å²) in [7, 11) is 0. The van der Waals surface area contributed by atoms with Crippen molar-refractivity contribution in [3.05, 3.63) is 11.9 Å². The van der Waals surface area contributed by atoms with Gasteiger partial charge in [0, 0.05) is 32.6 Å². The summed E-state index contributed by atoms with van der Waals surface area (Å²) < 4.78 is 7.03. The highest BCUT2D eigenvalue weighted by Gasteiger charge is 2.48. The van der Waals surface area contributed by atoms with Crippen molar-refractivity contribution in [3.63, 3.8) is 0 Å². The lowest BCUT2D eigenvalue weighted by Gasteiger charge is -2.34. The molecule has 41 heavy (non-hydrogen) atoms. The average Bonchev–Trinajstić information content (AvgIpc) is 3.52. The number of ketones is 1. The normalized spacial score (nSPS) is 26.5. The van der Waals surface area contributed by atoms with E-state index in [1.165, 1.54) is 17.5 Å². The zero-order valence-electron chi connectivity index (χ0n) is 23.9. The highest BCUT2D eigenvalue weighted by atomic mass is 35.5. The Kier molecular flexibility index (Phi) is 10.9. The fraction of sp³-hybridized carbons (Fsp3) is 0.778. The van der Waals surface area contributed by atoms with Crippen LogP contribution < -0.4 is 16.8 Å². The minimum absolute atomic E-state index is 0. The van der Waals surface area contributed by atoms with Crippen molar-refractivity contribution in [2.75, 3.05) is 19.8 Å². The van der Waals surface area contributed by atoms with E-state index in [0.717, 1.165) is 25.7 Å². The number of nitrogens with zero attached hydrogens (tertiary/aromatic N) is 4. The molecule has 3 amide bonds. The number of aliphatic hydroxyl groups is 1. The third-order valence-corrected chi connectivity index (χ3v) is 8.63. The van der Waals surface area contributed by atoms with E-state index in [1.54, 1.807) is 18.5 Å². The van der Waals surface area contributed by atoms with Crippen LogP contribution in [0.15, 0.2) is 6.20 Å². The maximum atomic E-state index is 13.9. The van der Waals surface area contributed by atoms with Crippen LogP contribution in [0.2, 0.25) is 0 Å². The summed E-state index contributed by atoms with van der Waals surface area (Å²) in [6.45, 7) is 3.91. The van der Waals surface area contributed by atoms with Gasteiger partial charge in [-0.1, -0.05) is 37.3 Å². The van der Waals surface area contributed by atoms with Gasteiger partial charge in [0.1, 0.15) is 17.2 Å². The van der Waals surface area contributed by atoms with Crippen molar-refractivity contribution < 1.29 is 29.0 Å². The predicted molar refractivity (Wildman–Crippen MR) is 151 cm³/mol. The van der Waals surface area contributed by atoms with Crippen molar-refractivity contribution in [2.45, 2.75) is 107 Å². The van der Waals surface area contributed by atoms with Crippen LogP contribution in [0.1, 0.15) is 89.8 Å². The predicted octanol–water partition coefficient (Wildman–Crippen LogP) is 0.477. The van der Waals surface area contributed by atoms with Gasteiger partial charge in [-0.05, 0) is 39.0 Å². The summed E-state index contributed by atoms with van der Waals surface area (Å²) in [4.78, 5) is 54.1. The lowest BCUT2D eigenvalue weighted by molar-refractivity contribution is -0.145. The number of rotatable bonds is 9. The van der Waals surface area contributed by atoms with Crippen LogP contribution >= 0.6 is 12.4 Å². The van der Waals surface area contributed by atoms with Crippen LogP contribution in [0.3, 0.4) is 0 Å². The number of primary amides is 1. The fourth-order valence-corrected chi connectivity index (χ4v) is 6.44. The van der Waals surface area contributed by atoms with Gasteiger partial charge in [-0.15, -0.1) is 17.5 Å². The Bertz CT molecular complexity index is 1090. The highest BCUT2D eigenvalue weighted by Crippen LogP contribution is 2.34. The Morgan fingerprint density at radius 1 is 1.17 bits per heavy atom. The Morgan fingerprint density at radius 2 is 1.88 bits per heavy atom. The van der Waals surface area contributed by atoms with Gasteiger partial charge in [-0.2, -0.15) is 0 Å². The van der Waals surface area contributed by atoms with Gasteiger partial charge in [-0.3, -0.25) is 19.2 Å². The van der Waals surface area contributed by atoms with Crippen LogP contribution in [0.5, 0.6) is 0 Å². The largest absolute Gasteiger partial charge is 0.384 e. The van der Waals surface area contributed by atoms with E-state index in [1.807, 2.05) is 0 Å². The number of aromatic nitrogens is 3. The van der Waals surface area contributed by atoms with Crippen molar-refractivity contribution in [3.8, 4) is 0 Å². The molecule has 230 valence electrons. The topological polar surface area (TPSA) is 196 Å². The summed E-state index contributed by atoms with van der Waals surface area (Å²) in [5.74, 6) is -2.57. The molecule has 0 aromatic carbocycles. The van der Waals surface area contributed by atoms with Crippen LogP contribution in [-0.2, 0) is 29.5 Å². The first-order valence-electron chi connectivity index (χ1n) is 14.4. The molecule has 1 unspecified atom stereocenters. The number of carbonyl (C=O) groups excluding carboxylic acids is 4. The Labute approximate surface area is 246 Å². The second kappa shape index (κ2) is 13.6. The summed E-state index contributed by atoms with van der Waals surface area (Å²) in [6, 6.07) is -2.23. The molecule has 2 aliphatic heterocycles. The molecule has 3 fully saturated rings. The average molecular weight is 598 g/mol. The number of Topliss-reactive ketones (excluding diaryl/α,β-unsaturated/α-hetero) is 1. The molecule has 1 aliphatic carbocycles. The molecule has 0 radical (unpaired) electrons. The summed E-state index contributed by atoms with van der Waals surface area (Å²) in [5, 5.41) is 21.6. The van der Waals surface area contributed by atoms with Crippen LogP contribution in [0.4, 0.5) is 0 Å². The summed E-state index contributed by atoms with van der Waals surface area (Å²) >= 11 is 0. The Balaban J connectivity index is 0.00000462. The molecule has 14 heteroatoms. The summed E-state index contributed by atoms with van der Waals surface area (Å²) in [6.07, 6.45) is 8.38. The highest BCUT2D eigenvalue weighted by molar-refractivity contribution is 6.39. The lowest BCUT2D eigenvalue weighted by atomic mass is 9.84. The molecule has 0 spiro atoms. The van der Waals surface area contributed by atoms with Gasteiger partial charge in [0.25, 0.3) is 5.91 Å². The van der Waals surface area contributed by atoms with E-state index < -0.39 is 46.9 Å². The lowest BCUT2D eigenvalue weighted by Crippen LogP contribution is -2.62. The van der Waals surface area contributed by atoms with Gasteiger partial charge in [0.15, 0.2) is 0 Å². The van der Waals surface area contributed by atoms with Gasteiger partial charge >= 0.3 is 0 Å². The van der Waals surface area contributed by atoms with Gasteiger partial charge in [0.2, 0.25) is 17.6 Å². The first-order chi connectivity index (χ1) is 18.9. The SMILES string of the molecule is CC(C)(O)c1cnnn1[C@H]1C[C@@H](C(=O)NC2(C(=O)C(N)=O)CCCOCC2)N(C(=O)[C@H](N)CC2CCCCC2)C1.Cl. The third kappa shape index (κ3) is 7.43. The second-order valence-electron chi connectivity index (χ2n) is 12.1. The Hall–Kier alpha value is -2.61. The van der Waals surface area contributed by atoms with E-state index >= 15 is 0 Å². The molecule has 3 aliphatic rings. The molecule has 6 N–H and O–H groups in total. The maximum absolute atomic E-state index is 13.9. The van der Waals surface area contributed by atoms with Gasteiger partial charge in [0.05, 0.1) is 24.0 Å². The Morgan fingerprint density at radius 3 is 2.54 bits per heavy atom. The van der Waals surface area contributed by atoms with E-state index in [-0.39, 0.29) is 50.7 Å². The fourth-order valence-electron chi connectivity index (χ4n) is 6.44. The smallest absolute Gasteiger partial charge is 0.287 e. The number of likely N-dealkylation sites (tertiary alicyclic amines) is 1. The minimum atomic E-state index is -1.51. The van der Waals surface area contributed by atoms with Crippen LogP contribution in [-0.4, -0.2) is 85.9 Å². The number of carbonyl (C=O) groups is 4. The quantitative estimate of drug-likeness (QED) is 0.292. The van der Waals surface area contributed by atoms with Gasteiger partial charge < -0.3 is 31.5 Å². The van der Waals surface area contributed by atoms with Crippen LogP contribution in [0.25, 0.3) is 0 Å². The second-order valence-corrected chi connectivity index (χ2v) is 12.1. The standard InChI is InChI=1S/C27H43N7O6.ClH/c1-26(2,39)21-15-30-32-34(21)18-14-20(33(16-18)25(38)19(28)13-17-7-4-3-5-8-17)24(37)31-27(22(35)23(29)36)9-6-11-40-12-10-27;/h15,17-20,39H,3-14,16,28H2,1-2H3,(H2,29,36)(H,31,37);1H/t18-,19+,20-,27?;/m0./s1. The van der Waals surface area contributed by atoms with Crippen molar-refractivity contribution in [2.24, 2.45) is 17.4 Å². The molecule has 4 atom stereocenters. The molecular formula is C27H44ClN7O6. The number of halogens is 1. The molecule has 1 aromatic rings. The molecule has 4 rings (SSSR count). The van der Waals surface area contributed by atoms with E-state index in [9.17, 15) is 24.3 Å². The van der Waals surface area contributed by atoms with Crippen LogP contribution in [0, 0.1) is 5.92 Å². The van der Waals surface area contributed by atoms with E-state index in [0.29, 0.717) is 31.1 Å². The summed E-state index contributed by atoms with van der Waals surface area (Å²) in [5.41, 5.74) is 9.49. The molecule has 2 saturated heterocycles. The molecular weight excluding hydrogens is 554 g/mol. The monoisotopic (exact) mass is 597 g/mol. The number of nitrogens with one attached hydrogen (secondary N) is 1. The van der Waals surface area contributed by atoms with Gasteiger partial charge in [-0.25, -0.2) is 4.68 Å². The molecule has 1 saturated carbocycles. The molecule has 0 bridgehead atoms. The molecule has 13 nitrogen and oxygen atoms in total. The zero-order chi connectivity index (χ0) is 29.1.